The normalized spacial score (nSPS) is 27.6. The van der Waals surface area contributed by atoms with Crippen LogP contribution < -0.4 is 0 Å². The molecule has 1 aliphatic heterocycles. The van der Waals surface area contributed by atoms with Crippen molar-refractivity contribution in [1.82, 2.24) is 9.80 Å². The zero-order chi connectivity index (χ0) is 10.7. The monoisotopic (exact) mass is 202 g/mol. The molecular formula is C9H18N2O3. The second-order valence-electron chi connectivity index (χ2n) is 3.82. The molecule has 82 valence electrons. The highest BCUT2D eigenvalue weighted by atomic mass is 16.5. The third kappa shape index (κ3) is 2.36. The Morgan fingerprint density at radius 3 is 2.79 bits per heavy atom. The molecule has 1 N–H and O–H groups in total. The Hall–Kier alpha value is -0.810. The van der Waals surface area contributed by atoms with E-state index in [1.807, 2.05) is 6.92 Å². The highest BCUT2D eigenvalue weighted by Crippen LogP contribution is 2.12. The van der Waals surface area contributed by atoms with E-state index in [0.717, 1.165) is 0 Å². The molecule has 2 amide bonds. The second kappa shape index (κ2) is 4.61. The Kier molecular flexibility index (Phi) is 3.71. The van der Waals surface area contributed by atoms with Gasteiger partial charge in [0.1, 0.15) is 0 Å². The average molecular weight is 202 g/mol. The number of aliphatic hydroxyl groups excluding tert-OH is 1. The van der Waals surface area contributed by atoms with Crippen molar-refractivity contribution in [1.29, 1.82) is 0 Å². The van der Waals surface area contributed by atoms with Gasteiger partial charge in [-0.05, 0) is 6.92 Å². The first kappa shape index (κ1) is 11.3. The average Bonchev–Trinajstić information content (AvgIpc) is 2.17. The molecule has 14 heavy (non-hydrogen) atoms. The third-order valence-corrected chi connectivity index (χ3v) is 2.34. The number of amides is 2. The third-order valence-electron chi connectivity index (χ3n) is 2.34. The molecule has 1 fully saturated rings. The fourth-order valence-electron chi connectivity index (χ4n) is 1.45. The predicted octanol–water partition coefficient (Wildman–Crippen LogP) is -0.250. The van der Waals surface area contributed by atoms with Crippen LogP contribution in [-0.4, -0.2) is 66.9 Å². The van der Waals surface area contributed by atoms with Gasteiger partial charge in [0, 0.05) is 14.1 Å². The van der Waals surface area contributed by atoms with E-state index in [0.29, 0.717) is 13.2 Å². The van der Waals surface area contributed by atoms with Gasteiger partial charge in [-0.3, -0.25) is 0 Å². The minimum Gasteiger partial charge on any atom is -0.394 e. The zero-order valence-corrected chi connectivity index (χ0v) is 8.93. The van der Waals surface area contributed by atoms with E-state index in [2.05, 4.69) is 0 Å². The molecule has 0 aromatic carbocycles. The molecule has 2 unspecified atom stereocenters. The molecule has 5 heteroatoms. The van der Waals surface area contributed by atoms with Gasteiger partial charge in [-0.1, -0.05) is 0 Å². The van der Waals surface area contributed by atoms with Gasteiger partial charge in [0.25, 0.3) is 0 Å². The number of nitrogens with zero attached hydrogens (tertiary/aromatic N) is 2. The fraction of sp³-hybridized carbons (Fsp3) is 0.889. The lowest BCUT2D eigenvalue weighted by molar-refractivity contribution is -0.0654. The van der Waals surface area contributed by atoms with E-state index in [1.165, 1.54) is 4.90 Å². The van der Waals surface area contributed by atoms with Gasteiger partial charge in [-0.15, -0.1) is 0 Å². The van der Waals surface area contributed by atoms with Crippen molar-refractivity contribution in [2.24, 2.45) is 0 Å². The highest BCUT2D eigenvalue weighted by molar-refractivity contribution is 5.74. The SMILES string of the molecule is CC1COC(CO)CN1C(=O)N(C)C. The Morgan fingerprint density at radius 2 is 2.29 bits per heavy atom. The smallest absolute Gasteiger partial charge is 0.319 e. The Balaban J connectivity index is 2.60. The summed E-state index contributed by atoms with van der Waals surface area (Å²) in [7, 11) is 3.44. The maximum absolute atomic E-state index is 11.7. The van der Waals surface area contributed by atoms with E-state index in [9.17, 15) is 4.79 Å². The Labute approximate surface area is 84.2 Å². The predicted molar refractivity (Wildman–Crippen MR) is 52.1 cm³/mol. The molecule has 0 radical (unpaired) electrons. The molecule has 5 nitrogen and oxygen atoms in total. The highest BCUT2D eigenvalue weighted by Gasteiger charge is 2.29. The van der Waals surface area contributed by atoms with Crippen LogP contribution in [0.1, 0.15) is 6.92 Å². The molecule has 1 rings (SSSR count). The van der Waals surface area contributed by atoms with Gasteiger partial charge in [0.2, 0.25) is 0 Å². The molecule has 1 aliphatic rings. The number of carbonyl (C=O) groups is 1. The molecular weight excluding hydrogens is 184 g/mol. The van der Waals surface area contributed by atoms with Crippen LogP contribution in [0.4, 0.5) is 4.79 Å². The molecule has 1 saturated heterocycles. The zero-order valence-electron chi connectivity index (χ0n) is 8.93. The van der Waals surface area contributed by atoms with E-state index >= 15 is 0 Å². The Morgan fingerprint density at radius 1 is 1.64 bits per heavy atom. The largest absolute Gasteiger partial charge is 0.394 e. The summed E-state index contributed by atoms with van der Waals surface area (Å²) in [5.74, 6) is 0. The Bertz CT molecular complexity index is 208. The van der Waals surface area contributed by atoms with Crippen molar-refractivity contribution >= 4 is 6.03 Å². The molecule has 1 heterocycles. The number of carbonyl (C=O) groups excluding carboxylic acids is 1. The summed E-state index contributed by atoms with van der Waals surface area (Å²) < 4.78 is 5.34. The minimum atomic E-state index is -0.241. The lowest BCUT2D eigenvalue weighted by Gasteiger charge is -2.38. The van der Waals surface area contributed by atoms with Crippen LogP contribution in [-0.2, 0) is 4.74 Å². The van der Waals surface area contributed by atoms with E-state index < -0.39 is 0 Å². The fourth-order valence-corrected chi connectivity index (χ4v) is 1.45. The van der Waals surface area contributed by atoms with Crippen LogP contribution in [0.25, 0.3) is 0 Å². The van der Waals surface area contributed by atoms with E-state index in [4.69, 9.17) is 9.84 Å². The molecule has 0 aromatic heterocycles. The maximum atomic E-state index is 11.7. The molecule has 0 bridgehead atoms. The quantitative estimate of drug-likeness (QED) is 0.638. The summed E-state index contributed by atoms with van der Waals surface area (Å²) in [5.41, 5.74) is 0. The van der Waals surface area contributed by atoms with E-state index in [1.54, 1.807) is 19.0 Å². The summed E-state index contributed by atoms with van der Waals surface area (Å²) in [6.07, 6.45) is -0.241. The first-order valence-corrected chi connectivity index (χ1v) is 4.76. The summed E-state index contributed by atoms with van der Waals surface area (Å²) in [4.78, 5) is 14.9. The lowest BCUT2D eigenvalue weighted by atomic mass is 10.2. The molecule has 0 aromatic rings. The number of hydrogen-bond donors (Lipinski definition) is 1. The van der Waals surface area contributed by atoms with Crippen LogP contribution >= 0.6 is 0 Å². The molecule has 0 spiro atoms. The second-order valence-corrected chi connectivity index (χ2v) is 3.82. The van der Waals surface area contributed by atoms with Gasteiger partial charge in [-0.2, -0.15) is 0 Å². The first-order chi connectivity index (χ1) is 6.56. The van der Waals surface area contributed by atoms with Crippen LogP contribution in [0.2, 0.25) is 0 Å². The van der Waals surface area contributed by atoms with Gasteiger partial charge < -0.3 is 19.6 Å². The number of urea groups is 1. The van der Waals surface area contributed by atoms with Crippen molar-refractivity contribution in [2.75, 3.05) is 33.9 Å². The minimum absolute atomic E-state index is 0.0285. The number of morpholine rings is 1. The first-order valence-electron chi connectivity index (χ1n) is 4.76. The topological polar surface area (TPSA) is 53.0 Å². The molecule has 2 atom stereocenters. The van der Waals surface area contributed by atoms with Gasteiger partial charge in [0.15, 0.2) is 0 Å². The van der Waals surface area contributed by atoms with Crippen molar-refractivity contribution in [3.8, 4) is 0 Å². The van der Waals surface area contributed by atoms with Crippen LogP contribution in [0.15, 0.2) is 0 Å². The summed E-state index contributed by atoms with van der Waals surface area (Å²) >= 11 is 0. The standard InChI is InChI=1S/C9H18N2O3/c1-7-6-14-8(5-12)4-11(7)9(13)10(2)3/h7-8,12H,4-6H2,1-3H3. The van der Waals surface area contributed by atoms with Crippen molar-refractivity contribution in [2.45, 2.75) is 19.1 Å². The number of hydrogen-bond acceptors (Lipinski definition) is 3. The van der Waals surface area contributed by atoms with Crippen LogP contribution in [0.3, 0.4) is 0 Å². The van der Waals surface area contributed by atoms with Crippen LogP contribution in [0, 0.1) is 0 Å². The number of rotatable bonds is 1. The van der Waals surface area contributed by atoms with Gasteiger partial charge >= 0.3 is 6.03 Å². The number of aliphatic hydroxyl groups is 1. The molecule has 0 aliphatic carbocycles. The van der Waals surface area contributed by atoms with Crippen LogP contribution in [0.5, 0.6) is 0 Å². The van der Waals surface area contributed by atoms with Crippen molar-refractivity contribution in [3.05, 3.63) is 0 Å². The lowest BCUT2D eigenvalue weighted by Crippen LogP contribution is -2.54. The maximum Gasteiger partial charge on any atom is 0.319 e. The summed E-state index contributed by atoms with van der Waals surface area (Å²) in [6.45, 7) is 2.86. The molecule has 0 saturated carbocycles. The van der Waals surface area contributed by atoms with Crippen molar-refractivity contribution in [3.63, 3.8) is 0 Å². The van der Waals surface area contributed by atoms with E-state index in [-0.39, 0.29) is 24.8 Å². The van der Waals surface area contributed by atoms with Gasteiger partial charge in [-0.25, -0.2) is 4.79 Å². The summed E-state index contributed by atoms with van der Waals surface area (Å²) in [5, 5.41) is 8.94. The van der Waals surface area contributed by atoms with Crippen molar-refractivity contribution < 1.29 is 14.6 Å². The van der Waals surface area contributed by atoms with Gasteiger partial charge in [0.05, 0.1) is 31.9 Å². The summed E-state index contributed by atoms with van der Waals surface area (Å²) in [6, 6.07) is 0.0481. The number of ether oxygens (including phenoxy) is 1.